The van der Waals surface area contributed by atoms with Crippen LogP contribution in [0.5, 0.6) is 5.75 Å². The van der Waals surface area contributed by atoms with Crippen molar-refractivity contribution >= 4 is 11.6 Å². The smallest absolute Gasteiger partial charge is 0.255 e. The maximum atomic E-state index is 12.2. The Hall–Kier alpha value is -2.33. The van der Waals surface area contributed by atoms with Crippen molar-refractivity contribution in [1.82, 2.24) is 0 Å². The second-order valence-corrected chi connectivity index (χ2v) is 4.84. The van der Waals surface area contributed by atoms with Gasteiger partial charge in [0.25, 0.3) is 5.91 Å². The number of carbonyl (C=O) groups excluding carboxylic acids is 1. The van der Waals surface area contributed by atoms with Gasteiger partial charge in [0.1, 0.15) is 12.4 Å². The fraction of sp³-hybridized carbons (Fsp3) is 0.278. The molecule has 0 heterocycles. The number of hydrogen-bond donors (Lipinski definition) is 1. The lowest BCUT2D eigenvalue weighted by Crippen LogP contribution is -2.13. The van der Waals surface area contributed by atoms with Crippen LogP contribution in [0.4, 0.5) is 5.69 Å². The van der Waals surface area contributed by atoms with E-state index in [1.807, 2.05) is 62.4 Å². The summed E-state index contributed by atoms with van der Waals surface area (Å²) in [5, 5.41) is 2.88. The fourth-order valence-corrected chi connectivity index (χ4v) is 2.02. The molecule has 0 aromatic heterocycles. The van der Waals surface area contributed by atoms with Crippen LogP contribution in [0.1, 0.15) is 22.8 Å². The van der Waals surface area contributed by atoms with E-state index >= 15 is 0 Å². The van der Waals surface area contributed by atoms with E-state index in [-0.39, 0.29) is 5.91 Å². The van der Waals surface area contributed by atoms with Crippen LogP contribution in [0.15, 0.2) is 48.5 Å². The molecule has 2 rings (SSSR count). The molecule has 0 radical (unpaired) electrons. The van der Waals surface area contributed by atoms with Crippen LogP contribution in [0.2, 0.25) is 0 Å². The molecule has 0 spiro atoms. The van der Waals surface area contributed by atoms with Gasteiger partial charge in [-0.1, -0.05) is 18.2 Å². The van der Waals surface area contributed by atoms with Crippen molar-refractivity contribution in [2.75, 3.05) is 25.1 Å². The van der Waals surface area contributed by atoms with E-state index in [1.165, 1.54) is 0 Å². The SMILES string of the molecule is CCOCCOc1ccc(NC(=O)c2ccccc2C)cc1. The van der Waals surface area contributed by atoms with E-state index in [4.69, 9.17) is 9.47 Å². The molecule has 0 aliphatic heterocycles. The number of aryl methyl sites for hydroxylation is 1. The molecule has 4 heteroatoms. The van der Waals surface area contributed by atoms with E-state index < -0.39 is 0 Å². The minimum atomic E-state index is -0.108. The molecule has 0 aliphatic carbocycles. The topological polar surface area (TPSA) is 47.6 Å². The Morgan fingerprint density at radius 2 is 1.77 bits per heavy atom. The largest absolute Gasteiger partial charge is 0.491 e. The van der Waals surface area contributed by atoms with E-state index in [9.17, 15) is 4.79 Å². The lowest BCUT2D eigenvalue weighted by atomic mass is 10.1. The van der Waals surface area contributed by atoms with E-state index in [1.54, 1.807) is 0 Å². The third-order valence-corrected chi connectivity index (χ3v) is 3.20. The van der Waals surface area contributed by atoms with Gasteiger partial charge in [-0.05, 0) is 49.7 Å². The molecule has 2 aromatic carbocycles. The molecule has 0 aliphatic rings. The predicted molar refractivity (Wildman–Crippen MR) is 87.6 cm³/mol. The first-order valence-electron chi connectivity index (χ1n) is 7.38. The van der Waals surface area contributed by atoms with Gasteiger partial charge in [0.05, 0.1) is 6.61 Å². The van der Waals surface area contributed by atoms with Crippen LogP contribution < -0.4 is 10.1 Å². The molecule has 1 N–H and O–H groups in total. The summed E-state index contributed by atoms with van der Waals surface area (Å²) in [6.45, 7) is 5.65. The quantitative estimate of drug-likeness (QED) is 0.794. The van der Waals surface area contributed by atoms with Gasteiger partial charge in [-0.2, -0.15) is 0 Å². The molecule has 22 heavy (non-hydrogen) atoms. The third-order valence-electron chi connectivity index (χ3n) is 3.20. The second kappa shape index (κ2) is 8.20. The van der Waals surface area contributed by atoms with Crippen molar-refractivity contribution in [2.45, 2.75) is 13.8 Å². The van der Waals surface area contributed by atoms with Gasteiger partial charge in [-0.15, -0.1) is 0 Å². The highest BCUT2D eigenvalue weighted by Crippen LogP contribution is 2.17. The molecule has 0 bridgehead atoms. The molecule has 0 unspecified atom stereocenters. The molecular weight excluding hydrogens is 278 g/mol. The Balaban J connectivity index is 1.91. The highest BCUT2D eigenvalue weighted by Gasteiger charge is 2.08. The van der Waals surface area contributed by atoms with Gasteiger partial charge >= 0.3 is 0 Å². The summed E-state index contributed by atoms with van der Waals surface area (Å²) in [5.74, 6) is 0.650. The van der Waals surface area contributed by atoms with Crippen LogP contribution in [-0.4, -0.2) is 25.7 Å². The van der Waals surface area contributed by atoms with Crippen LogP contribution in [-0.2, 0) is 4.74 Å². The summed E-state index contributed by atoms with van der Waals surface area (Å²) in [6, 6.07) is 14.8. The normalized spacial score (nSPS) is 10.3. The van der Waals surface area contributed by atoms with Crippen LogP contribution in [0.25, 0.3) is 0 Å². The first kappa shape index (κ1) is 16.0. The molecule has 0 saturated heterocycles. The van der Waals surface area contributed by atoms with Crippen molar-refractivity contribution in [3.8, 4) is 5.75 Å². The highest BCUT2D eigenvalue weighted by atomic mass is 16.5. The summed E-state index contributed by atoms with van der Waals surface area (Å²) in [6.07, 6.45) is 0. The zero-order valence-electron chi connectivity index (χ0n) is 13.0. The van der Waals surface area contributed by atoms with Crippen LogP contribution >= 0.6 is 0 Å². The van der Waals surface area contributed by atoms with Gasteiger partial charge in [0, 0.05) is 17.9 Å². The van der Waals surface area contributed by atoms with Crippen molar-refractivity contribution < 1.29 is 14.3 Å². The monoisotopic (exact) mass is 299 g/mol. The van der Waals surface area contributed by atoms with Crippen LogP contribution in [0, 0.1) is 6.92 Å². The molecule has 4 nitrogen and oxygen atoms in total. The number of benzene rings is 2. The number of rotatable bonds is 7. The average Bonchev–Trinajstić information content (AvgIpc) is 2.53. The minimum Gasteiger partial charge on any atom is -0.491 e. The van der Waals surface area contributed by atoms with Gasteiger partial charge in [-0.3, -0.25) is 4.79 Å². The van der Waals surface area contributed by atoms with E-state index in [0.29, 0.717) is 25.4 Å². The Labute approximate surface area is 131 Å². The Kier molecular flexibility index (Phi) is 5.98. The molecule has 2 aromatic rings. The Morgan fingerprint density at radius 3 is 2.45 bits per heavy atom. The summed E-state index contributed by atoms with van der Waals surface area (Å²) in [7, 11) is 0. The molecule has 1 amide bonds. The maximum Gasteiger partial charge on any atom is 0.255 e. The first-order chi connectivity index (χ1) is 10.7. The molecule has 0 atom stereocenters. The molecule has 0 fully saturated rings. The number of anilines is 1. The summed E-state index contributed by atoms with van der Waals surface area (Å²) in [4.78, 5) is 12.2. The first-order valence-corrected chi connectivity index (χ1v) is 7.38. The fourth-order valence-electron chi connectivity index (χ4n) is 2.02. The second-order valence-electron chi connectivity index (χ2n) is 4.84. The number of amides is 1. The standard InChI is InChI=1S/C18H21NO3/c1-3-21-12-13-22-16-10-8-15(9-11-16)19-18(20)17-7-5-4-6-14(17)2/h4-11H,3,12-13H2,1-2H3,(H,19,20). The zero-order chi connectivity index (χ0) is 15.8. The van der Waals surface area contributed by atoms with Crippen LogP contribution in [0.3, 0.4) is 0 Å². The highest BCUT2D eigenvalue weighted by molar-refractivity contribution is 6.05. The molecular formula is C18H21NO3. The maximum absolute atomic E-state index is 12.2. The number of carbonyl (C=O) groups is 1. The summed E-state index contributed by atoms with van der Waals surface area (Å²) < 4.78 is 10.7. The Morgan fingerprint density at radius 1 is 1.05 bits per heavy atom. The lowest BCUT2D eigenvalue weighted by Gasteiger charge is -2.09. The number of hydrogen-bond acceptors (Lipinski definition) is 3. The predicted octanol–water partition coefficient (Wildman–Crippen LogP) is 3.66. The van der Waals surface area contributed by atoms with Gasteiger partial charge in [0.2, 0.25) is 0 Å². The van der Waals surface area contributed by atoms with E-state index in [0.717, 1.165) is 17.0 Å². The van der Waals surface area contributed by atoms with E-state index in [2.05, 4.69) is 5.32 Å². The van der Waals surface area contributed by atoms with Crippen molar-refractivity contribution in [1.29, 1.82) is 0 Å². The minimum absolute atomic E-state index is 0.108. The average molecular weight is 299 g/mol. The lowest BCUT2D eigenvalue weighted by molar-refractivity contribution is 0.102. The Bertz CT molecular complexity index is 608. The van der Waals surface area contributed by atoms with Gasteiger partial charge in [0.15, 0.2) is 0 Å². The van der Waals surface area contributed by atoms with Crippen molar-refractivity contribution in [3.05, 3.63) is 59.7 Å². The van der Waals surface area contributed by atoms with Gasteiger partial charge in [-0.25, -0.2) is 0 Å². The van der Waals surface area contributed by atoms with Crippen molar-refractivity contribution in [2.24, 2.45) is 0 Å². The molecule has 116 valence electrons. The van der Waals surface area contributed by atoms with Gasteiger partial charge < -0.3 is 14.8 Å². The van der Waals surface area contributed by atoms with Crippen molar-refractivity contribution in [3.63, 3.8) is 0 Å². The third kappa shape index (κ3) is 4.60. The summed E-state index contributed by atoms with van der Waals surface area (Å²) in [5.41, 5.74) is 2.38. The summed E-state index contributed by atoms with van der Waals surface area (Å²) >= 11 is 0. The number of nitrogens with one attached hydrogen (secondary N) is 1. The number of ether oxygens (including phenoxy) is 2. The molecule has 0 saturated carbocycles. The zero-order valence-corrected chi connectivity index (χ0v) is 13.0.